The van der Waals surface area contributed by atoms with E-state index in [0.717, 1.165) is 50.9 Å². The van der Waals surface area contributed by atoms with E-state index in [2.05, 4.69) is 4.90 Å². The second kappa shape index (κ2) is 10.1. The molecule has 11 heteroatoms. The maximum absolute atomic E-state index is 13.3. The molecule has 3 aliphatic rings. The number of hydrogen-bond acceptors (Lipinski definition) is 7. The predicted octanol–water partition coefficient (Wildman–Crippen LogP) is 2.21. The van der Waals surface area contributed by atoms with Gasteiger partial charge in [-0.2, -0.15) is 4.31 Å². The normalized spacial score (nSPS) is 21.1. The second-order valence-corrected chi connectivity index (χ2v) is 12.3. The average Bonchev–Trinajstić information content (AvgIpc) is 3.25. The zero-order valence-electron chi connectivity index (χ0n) is 20.7. The monoisotopic (exact) mass is 522 g/mol. The molecule has 2 fully saturated rings. The minimum atomic E-state index is -3.09. The third kappa shape index (κ3) is 5.37. The fourth-order valence-electron chi connectivity index (χ4n) is 4.94. The molecule has 0 radical (unpaired) electrons. The topological polar surface area (TPSA) is 90.5 Å². The number of rotatable bonds is 9. The van der Waals surface area contributed by atoms with Crippen LogP contribution in [0, 0.1) is 0 Å². The van der Waals surface area contributed by atoms with E-state index < -0.39 is 15.6 Å². The van der Waals surface area contributed by atoms with E-state index in [0.29, 0.717) is 36.0 Å². The number of anilines is 1. The number of carbonyl (C=O) groups excluding carboxylic acids is 2. The van der Waals surface area contributed by atoms with Crippen LogP contribution in [-0.2, 0) is 26.2 Å². The lowest BCUT2D eigenvalue weighted by molar-refractivity contribution is -0.123. The van der Waals surface area contributed by atoms with Gasteiger partial charge in [0.2, 0.25) is 10.0 Å². The number of piperazine rings is 1. The van der Waals surface area contributed by atoms with Crippen molar-refractivity contribution in [3.8, 4) is 0 Å². The van der Waals surface area contributed by atoms with Gasteiger partial charge in [0.05, 0.1) is 17.5 Å². The number of hydrogen-bond donors (Lipinski definition) is 0. The van der Waals surface area contributed by atoms with Gasteiger partial charge in [0.15, 0.2) is 5.11 Å². The maximum Gasteiger partial charge on any atom is 0.338 e. The standard InChI is InChI=1S/C24H34N4O5S2/c1-24(2)22(30)28(19-8-9-20-18(16-19)17-33-21(20)29)23(34)27(24)11-7-5-4-6-10-25-12-14-26(15-13-25)35(3,31)32/h8-9,16H,4-7,10-15,17H2,1-3H3. The van der Waals surface area contributed by atoms with Crippen molar-refractivity contribution >= 4 is 44.9 Å². The molecule has 3 aliphatic heterocycles. The quantitative estimate of drug-likeness (QED) is 0.277. The lowest BCUT2D eigenvalue weighted by Gasteiger charge is -2.33. The Morgan fingerprint density at radius 1 is 1.00 bits per heavy atom. The first-order valence-corrected chi connectivity index (χ1v) is 14.4. The highest BCUT2D eigenvalue weighted by Crippen LogP contribution is 2.34. The van der Waals surface area contributed by atoms with Gasteiger partial charge in [-0.25, -0.2) is 13.2 Å². The molecule has 0 aromatic heterocycles. The molecule has 35 heavy (non-hydrogen) atoms. The number of benzene rings is 1. The highest BCUT2D eigenvalue weighted by Gasteiger charge is 2.49. The van der Waals surface area contributed by atoms with Gasteiger partial charge in [0.1, 0.15) is 12.1 Å². The SMILES string of the molecule is CC1(C)C(=O)N(c2ccc3c(c2)COC3=O)C(=S)N1CCCCCCN1CCN(S(C)(=O)=O)CC1. The van der Waals surface area contributed by atoms with Gasteiger partial charge in [-0.1, -0.05) is 12.8 Å². The van der Waals surface area contributed by atoms with Crippen LogP contribution in [0.5, 0.6) is 0 Å². The van der Waals surface area contributed by atoms with E-state index in [9.17, 15) is 18.0 Å². The number of carbonyl (C=O) groups is 2. The Bertz CT molecular complexity index is 1110. The third-order valence-corrected chi connectivity index (χ3v) is 8.86. The van der Waals surface area contributed by atoms with E-state index >= 15 is 0 Å². The minimum Gasteiger partial charge on any atom is -0.457 e. The summed E-state index contributed by atoms with van der Waals surface area (Å²) in [4.78, 5) is 30.9. The molecule has 0 unspecified atom stereocenters. The van der Waals surface area contributed by atoms with Crippen molar-refractivity contribution in [3.63, 3.8) is 0 Å². The van der Waals surface area contributed by atoms with Crippen LogP contribution in [0.2, 0.25) is 0 Å². The van der Waals surface area contributed by atoms with Gasteiger partial charge in [0, 0.05) is 38.3 Å². The lowest BCUT2D eigenvalue weighted by Crippen LogP contribution is -2.48. The summed E-state index contributed by atoms with van der Waals surface area (Å²) in [6, 6.07) is 5.28. The molecule has 0 N–H and O–H groups in total. The number of fused-ring (bicyclic) bond motifs is 1. The first-order chi connectivity index (χ1) is 16.5. The summed E-state index contributed by atoms with van der Waals surface area (Å²) in [5.41, 5.74) is 1.25. The Balaban J connectivity index is 1.24. The molecule has 1 amide bonds. The summed E-state index contributed by atoms with van der Waals surface area (Å²) in [7, 11) is -3.09. The fourth-order valence-corrected chi connectivity index (χ4v) is 6.28. The Morgan fingerprint density at radius 2 is 1.66 bits per heavy atom. The molecule has 1 aromatic carbocycles. The van der Waals surface area contributed by atoms with Crippen LogP contribution in [0.4, 0.5) is 5.69 Å². The Kier molecular flexibility index (Phi) is 7.51. The molecule has 2 saturated heterocycles. The maximum atomic E-state index is 13.3. The molecular weight excluding hydrogens is 488 g/mol. The number of unbranched alkanes of at least 4 members (excludes halogenated alkanes) is 3. The van der Waals surface area contributed by atoms with E-state index in [1.54, 1.807) is 21.3 Å². The minimum absolute atomic E-state index is 0.0686. The molecule has 3 heterocycles. The Labute approximate surface area is 213 Å². The molecular formula is C24H34N4O5S2. The first-order valence-electron chi connectivity index (χ1n) is 12.1. The van der Waals surface area contributed by atoms with E-state index in [-0.39, 0.29) is 18.5 Å². The molecule has 1 aromatic rings. The van der Waals surface area contributed by atoms with Crippen LogP contribution in [0.1, 0.15) is 55.5 Å². The Morgan fingerprint density at radius 3 is 2.31 bits per heavy atom. The molecule has 0 bridgehead atoms. The van der Waals surface area contributed by atoms with Crippen molar-refractivity contribution < 1.29 is 22.7 Å². The predicted molar refractivity (Wildman–Crippen MR) is 138 cm³/mol. The van der Waals surface area contributed by atoms with E-state index in [1.165, 1.54) is 6.26 Å². The van der Waals surface area contributed by atoms with Gasteiger partial charge < -0.3 is 14.5 Å². The van der Waals surface area contributed by atoms with Crippen LogP contribution < -0.4 is 4.90 Å². The highest BCUT2D eigenvalue weighted by atomic mass is 32.2. The van der Waals surface area contributed by atoms with Crippen LogP contribution in [0.3, 0.4) is 0 Å². The highest BCUT2D eigenvalue weighted by molar-refractivity contribution is 7.88. The van der Waals surface area contributed by atoms with Crippen LogP contribution in [0.15, 0.2) is 18.2 Å². The van der Waals surface area contributed by atoms with Crippen molar-refractivity contribution in [1.82, 2.24) is 14.1 Å². The summed E-state index contributed by atoms with van der Waals surface area (Å²) in [6.07, 6.45) is 5.37. The summed E-state index contributed by atoms with van der Waals surface area (Å²) < 4.78 is 29.9. The van der Waals surface area contributed by atoms with Crippen molar-refractivity contribution in [3.05, 3.63) is 29.3 Å². The molecule has 4 rings (SSSR count). The van der Waals surface area contributed by atoms with Crippen LogP contribution in [-0.4, -0.2) is 90.6 Å². The zero-order chi connectivity index (χ0) is 25.4. The lowest BCUT2D eigenvalue weighted by atomic mass is 10.0. The molecule has 0 atom stereocenters. The largest absolute Gasteiger partial charge is 0.457 e. The van der Waals surface area contributed by atoms with Gasteiger partial charge in [-0.15, -0.1) is 0 Å². The van der Waals surface area contributed by atoms with Crippen molar-refractivity contribution in [2.24, 2.45) is 0 Å². The molecule has 0 saturated carbocycles. The molecule has 0 spiro atoms. The van der Waals surface area contributed by atoms with Crippen LogP contribution >= 0.6 is 12.2 Å². The summed E-state index contributed by atoms with van der Waals surface area (Å²) in [5, 5.41) is 0.494. The number of esters is 1. The summed E-state index contributed by atoms with van der Waals surface area (Å²) >= 11 is 5.72. The first kappa shape index (κ1) is 26.0. The number of nitrogens with zero attached hydrogens (tertiary/aromatic N) is 4. The van der Waals surface area contributed by atoms with E-state index in [1.807, 2.05) is 24.8 Å². The molecule has 9 nitrogen and oxygen atoms in total. The van der Waals surface area contributed by atoms with Gasteiger partial charge >= 0.3 is 5.97 Å². The Hall–Kier alpha value is -2.08. The molecule has 192 valence electrons. The van der Waals surface area contributed by atoms with Crippen molar-refractivity contribution in [2.45, 2.75) is 51.7 Å². The smallest absolute Gasteiger partial charge is 0.338 e. The van der Waals surface area contributed by atoms with Gasteiger partial charge in [0.25, 0.3) is 5.91 Å². The summed E-state index contributed by atoms with van der Waals surface area (Å²) in [6.45, 7) is 8.40. The zero-order valence-corrected chi connectivity index (χ0v) is 22.3. The number of sulfonamides is 1. The van der Waals surface area contributed by atoms with E-state index in [4.69, 9.17) is 17.0 Å². The van der Waals surface area contributed by atoms with Crippen molar-refractivity contribution in [2.75, 3.05) is 50.4 Å². The van der Waals surface area contributed by atoms with Crippen LogP contribution in [0.25, 0.3) is 0 Å². The summed E-state index contributed by atoms with van der Waals surface area (Å²) in [5.74, 6) is -0.402. The number of thiocarbonyl (C=S) groups is 1. The van der Waals surface area contributed by atoms with Gasteiger partial charge in [-0.3, -0.25) is 9.69 Å². The second-order valence-electron chi connectivity index (χ2n) is 9.97. The fraction of sp³-hybridized carbons (Fsp3) is 0.625. The van der Waals surface area contributed by atoms with Gasteiger partial charge in [-0.05, 0) is 63.7 Å². The number of ether oxygens (including phenoxy) is 1. The van der Waals surface area contributed by atoms with Crippen molar-refractivity contribution in [1.29, 1.82) is 0 Å². The molecule has 0 aliphatic carbocycles. The number of amides is 1. The average molecular weight is 523 g/mol. The third-order valence-electron chi connectivity index (χ3n) is 7.16. The number of cyclic esters (lactones) is 1.